The van der Waals surface area contributed by atoms with Crippen molar-refractivity contribution in [2.75, 3.05) is 25.0 Å². The molecule has 0 spiro atoms. The summed E-state index contributed by atoms with van der Waals surface area (Å²) in [5.74, 6) is 0.0828. The van der Waals surface area contributed by atoms with Gasteiger partial charge in [0.2, 0.25) is 6.41 Å². The summed E-state index contributed by atoms with van der Waals surface area (Å²) in [7, 11) is 0. The largest absolute Gasteiger partial charge is 0.449 e. The summed E-state index contributed by atoms with van der Waals surface area (Å²) in [5.41, 5.74) is 1.23. The van der Waals surface area contributed by atoms with E-state index in [-0.39, 0.29) is 24.0 Å². The maximum Gasteiger partial charge on any atom is 0.407 e. The van der Waals surface area contributed by atoms with Crippen molar-refractivity contribution in [1.82, 2.24) is 10.2 Å². The van der Waals surface area contributed by atoms with Crippen LogP contribution in [0.5, 0.6) is 0 Å². The van der Waals surface area contributed by atoms with Crippen molar-refractivity contribution in [3.8, 4) is 0 Å². The summed E-state index contributed by atoms with van der Waals surface area (Å²) in [6, 6.07) is 6.86. The number of nitrogens with zero attached hydrogens (tertiary/aromatic N) is 1. The normalized spacial score (nSPS) is 23.8. The van der Waals surface area contributed by atoms with E-state index in [1.165, 1.54) is 0 Å². The molecule has 0 aromatic heterocycles. The molecule has 2 saturated heterocycles. The Labute approximate surface area is 127 Å². The SMILES string of the molecule is O=CNc1ccc(C(=O)N2CC[C@@H]3NC(=O)OC[C@H]3C2)cc1. The van der Waals surface area contributed by atoms with Crippen molar-refractivity contribution in [1.29, 1.82) is 0 Å². The number of piperidine rings is 1. The van der Waals surface area contributed by atoms with E-state index in [0.29, 0.717) is 37.4 Å². The monoisotopic (exact) mass is 303 g/mol. The third-order valence-corrected chi connectivity index (χ3v) is 4.11. The number of cyclic esters (lactones) is 1. The molecule has 0 bridgehead atoms. The number of alkyl carbamates (subject to hydrolysis) is 1. The highest BCUT2D eigenvalue weighted by Crippen LogP contribution is 2.22. The Morgan fingerprint density at radius 3 is 2.86 bits per heavy atom. The smallest absolute Gasteiger partial charge is 0.407 e. The molecule has 0 saturated carbocycles. The van der Waals surface area contributed by atoms with E-state index >= 15 is 0 Å². The topological polar surface area (TPSA) is 87.7 Å². The Morgan fingerprint density at radius 2 is 2.14 bits per heavy atom. The minimum Gasteiger partial charge on any atom is -0.449 e. The molecule has 116 valence electrons. The number of nitrogens with one attached hydrogen (secondary N) is 2. The molecule has 0 unspecified atom stereocenters. The van der Waals surface area contributed by atoms with E-state index in [9.17, 15) is 14.4 Å². The highest BCUT2D eigenvalue weighted by molar-refractivity contribution is 5.94. The van der Waals surface area contributed by atoms with Gasteiger partial charge in [0.25, 0.3) is 5.91 Å². The van der Waals surface area contributed by atoms with Crippen molar-refractivity contribution in [3.63, 3.8) is 0 Å². The molecule has 0 radical (unpaired) electrons. The predicted octanol–water partition coefficient (Wildman–Crippen LogP) is 0.825. The van der Waals surface area contributed by atoms with E-state index in [1.54, 1.807) is 29.2 Å². The summed E-state index contributed by atoms with van der Waals surface area (Å²) < 4.78 is 4.99. The van der Waals surface area contributed by atoms with Gasteiger partial charge in [0, 0.05) is 36.3 Å². The van der Waals surface area contributed by atoms with Gasteiger partial charge in [-0.25, -0.2) is 4.79 Å². The van der Waals surface area contributed by atoms with Crippen molar-refractivity contribution >= 4 is 24.1 Å². The van der Waals surface area contributed by atoms with Gasteiger partial charge in [-0.3, -0.25) is 9.59 Å². The highest BCUT2D eigenvalue weighted by Gasteiger charge is 2.36. The predicted molar refractivity (Wildman–Crippen MR) is 78.4 cm³/mol. The van der Waals surface area contributed by atoms with E-state index in [0.717, 1.165) is 6.42 Å². The number of ether oxygens (including phenoxy) is 1. The first-order chi connectivity index (χ1) is 10.7. The molecule has 3 amide bonds. The first kappa shape index (κ1) is 14.4. The third-order valence-electron chi connectivity index (χ3n) is 4.11. The fraction of sp³-hybridized carbons (Fsp3) is 0.400. The van der Waals surface area contributed by atoms with Crippen LogP contribution < -0.4 is 10.6 Å². The van der Waals surface area contributed by atoms with E-state index in [2.05, 4.69) is 10.6 Å². The molecule has 22 heavy (non-hydrogen) atoms. The number of rotatable bonds is 3. The van der Waals surface area contributed by atoms with E-state index in [1.807, 2.05) is 0 Å². The Kier molecular flexibility index (Phi) is 3.95. The number of hydrogen-bond acceptors (Lipinski definition) is 4. The zero-order valence-electron chi connectivity index (χ0n) is 12.0. The number of likely N-dealkylation sites (tertiary alicyclic amines) is 1. The molecule has 0 aliphatic carbocycles. The zero-order valence-corrected chi connectivity index (χ0v) is 12.0. The first-order valence-electron chi connectivity index (χ1n) is 7.20. The second-order valence-electron chi connectivity index (χ2n) is 5.49. The Hall–Kier alpha value is -2.57. The van der Waals surface area contributed by atoms with Gasteiger partial charge in [0.05, 0.1) is 6.61 Å². The molecule has 2 atom stereocenters. The number of anilines is 1. The molecule has 2 fully saturated rings. The molecule has 2 N–H and O–H groups in total. The number of hydrogen-bond donors (Lipinski definition) is 2. The van der Waals surface area contributed by atoms with Gasteiger partial charge in [0.1, 0.15) is 0 Å². The lowest BCUT2D eigenvalue weighted by Gasteiger charge is -2.40. The van der Waals surface area contributed by atoms with E-state index < -0.39 is 0 Å². The van der Waals surface area contributed by atoms with Crippen LogP contribution in [0, 0.1) is 5.92 Å². The van der Waals surface area contributed by atoms with Gasteiger partial charge in [-0.15, -0.1) is 0 Å². The molecule has 2 aliphatic heterocycles. The minimum atomic E-state index is -0.376. The van der Waals surface area contributed by atoms with Gasteiger partial charge in [-0.05, 0) is 30.7 Å². The molecular weight excluding hydrogens is 286 g/mol. The Morgan fingerprint density at radius 1 is 1.36 bits per heavy atom. The van der Waals surface area contributed by atoms with Crippen LogP contribution in [0.2, 0.25) is 0 Å². The lowest BCUT2D eigenvalue weighted by Crippen LogP contribution is -2.57. The lowest BCUT2D eigenvalue weighted by molar-refractivity contribution is -0.105. The lowest BCUT2D eigenvalue weighted by atomic mass is 9.91. The van der Waals surface area contributed by atoms with Crippen LogP contribution >= 0.6 is 0 Å². The van der Waals surface area contributed by atoms with Crippen LogP contribution in [-0.2, 0) is 9.53 Å². The molecule has 1 aromatic rings. The zero-order chi connectivity index (χ0) is 15.5. The van der Waals surface area contributed by atoms with Crippen LogP contribution in [0.15, 0.2) is 24.3 Å². The molecular formula is C15H17N3O4. The van der Waals surface area contributed by atoms with Crippen molar-refractivity contribution in [2.45, 2.75) is 12.5 Å². The standard InChI is InChI=1S/C15H17N3O4/c19-9-16-12-3-1-10(2-4-12)14(20)18-6-5-13-11(7-18)8-22-15(21)17-13/h1-4,9,11,13H,5-8H2,(H,16,19)(H,17,21)/t11-,13+/m1/s1. The molecule has 3 rings (SSSR count). The highest BCUT2D eigenvalue weighted by atomic mass is 16.6. The summed E-state index contributed by atoms with van der Waals surface area (Å²) in [5, 5.41) is 5.33. The van der Waals surface area contributed by atoms with Gasteiger partial charge in [-0.2, -0.15) is 0 Å². The minimum absolute atomic E-state index is 0.0481. The van der Waals surface area contributed by atoms with Crippen LogP contribution in [-0.4, -0.2) is 49.0 Å². The maximum atomic E-state index is 12.5. The fourth-order valence-corrected chi connectivity index (χ4v) is 2.91. The summed E-state index contributed by atoms with van der Waals surface area (Å²) >= 11 is 0. The molecule has 1 aromatic carbocycles. The van der Waals surface area contributed by atoms with Crippen LogP contribution in [0.1, 0.15) is 16.8 Å². The second kappa shape index (κ2) is 6.05. The average Bonchev–Trinajstić information content (AvgIpc) is 2.55. The van der Waals surface area contributed by atoms with Crippen LogP contribution in [0.25, 0.3) is 0 Å². The number of carbonyl (C=O) groups is 3. The first-order valence-corrected chi connectivity index (χ1v) is 7.20. The van der Waals surface area contributed by atoms with Crippen molar-refractivity contribution in [3.05, 3.63) is 29.8 Å². The van der Waals surface area contributed by atoms with Crippen molar-refractivity contribution in [2.24, 2.45) is 5.92 Å². The number of benzene rings is 1. The van der Waals surface area contributed by atoms with Gasteiger partial charge < -0.3 is 20.3 Å². The van der Waals surface area contributed by atoms with Gasteiger partial charge >= 0.3 is 6.09 Å². The third kappa shape index (κ3) is 2.88. The van der Waals surface area contributed by atoms with Gasteiger partial charge in [-0.1, -0.05) is 0 Å². The quantitative estimate of drug-likeness (QED) is 0.810. The average molecular weight is 303 g/mol. The van der Waals surface area contributed by atoms with Crippen LogP contribution in [0.4, 0.5) is 10.5 Å². The fourth-order valence-electron chi connectivity index (χ4n) is 2.91. The number of amides is 3. The summed E-state index contributed by atoms with van der Waals surface area (Å²) in [4.78, 5) is 35.9. The molecule has 2 heterocycles. The van der Waals surface area contributed by atoms with E-state index in [4.69, 9.17) is 4.74 Å². The summed E-state index contributed by atoms with van der Waals surface area (Å²) in [6.07, 6.45) is 0.953. The second-order valence-corrected chi connectivity index (χ2v) is 5.49. The molecule has 7 heteroatoms. The van der Waals surface area contributed by atoms with Crippen LogP contribution in [0.3, 0.4) is 0 Å². The van der Waals surface area contributed by atoms with Crippen molar-refractivity contribution < 1.29 is 19.1 Å². The Balaban J connectivity index is 1.65. The Bertz CT molecular complexity index is 587. The molecule has 7 nitrogen and oxygen atoms in total. The van der Waals surface area contributed by atoms with Gasteiger partial charge in [0.15, 0.2) is 0 Å². The maximum absolute atomic E-state index is 12.5. The number of carbonyl (C=O) groups excluding carboxylic acids is 3. The molecule has 2 aliphatic rings. The number of fused-ring (bicyclic) bond motifs is 1. The summed E-state index contributed by atoms with van der Waals surface area (Å²) in [6.45, 7) is 1.52.